The number of nitrogens with one attached hydrogen (secondary N) is 1. The van der Waals surface area contributed by atoms with E-state index in [2.05, 4.69) is 46.5 Å². The Kier molecular flexibility index (Phi) is 3.46. The first kappa shape index (κ1) is 14.1. The molecule has 0 atom stereocenters. The predicted molar refractivity (Wildman–Crippen MR) is 83.2 cm³/mol. The standard InChI is InChI=1S/C17H26N2/c1-7-8-12(2)13-11-18-14-15(19-13)17(5,6)10-9-16(14,3)4/h7-8,18H,1,9-11H2,2-6H3/b12-8+. The lowest BCUT2D eigenvalue weighted by atomic mass is 9.67. The van der Waals surface area contributed by atoms with E-state index in [4.69, 9.17) is 4.99 Å². The highest BCUT2D eigenvalue weighted by Gasteiger charge is 2.41. The summed E-state index contributed by atoms with van der Waals surface area (Å²) in [6.45, 7) is 15.9. The number of hydrogen-bond donors (Lipinski definition) is 1. The third-order valence-corrected chi connectivity index (χ3v) is 4.43. The van der Waals surface area contributed by atoms with Crippen molar-refractivity contribution in [2.45, 2.75) is 47.5 Å². The Balaban J connectivity index is 2.50. The van der Waals surface area contributed by atoms with Crippen LogP contribution in [0.3, 0.4) is 0 Å². The monoisotopic (exact) mass is 258 g/mol. The van der Waals surface area contributed by atoms with Crippen LogP contribution in [0, 0.1) is 10.8 Å². The largest absolute Gasteiger partial charge is 0.381 e. The highest BCUT2D eigenvalue weighted by Crippen LogP contribution is 2.49. The van der Waals surface area contributed by atoms with Crippen LogP contribution in [0.15, 0.2) is 40.7 Å². The summed E-state index contributed by atoms with van der Waals surface area (Å²) in [4.78, 5) is 4.99. The van der Waals surface area contributed by atoms with E-state index in [-0.39, 0.29) is 10.8 Å². The molecule has 1 aliphatic carbocycles. The molecular formula is C17H26N2. The second-order valence-corrected chi connectivity index (χ2v) is 6.99. The van der Waals surface area contributed by atoms with Gasteiger partial charge in [-0.15, -0.1) is 0 Å². The fourth-order valence-corrected chi connectivity index (χ4v) is 2.90. The van der Waals surface area contributed by atoms with E-state index in [1.807, 2.05) is 12.2 Å². The van der Waals surface area contributed by atoms with Gasteiger partial charge >= 0.3 is 0 Å². The number of nitrogens with zero attached hydrogens (tertiary/aromatic N) is 1. The normalized spacial score (nSPS) is 25.3. The zero-order chi connectivity index (χ0) is 14.3. The first-order valence-corrected chi connectivity index (χ1v) is 7.14. The Morgan fingerprint density at radius 3 is 2.47 bits per heavy atom. The molecule has 0 saturated carbocycles. The summed E-state index contributed by atoms with van der Waals surface area (Å²) in [5.41, 5.74) is 5.33. The molecule has 104 valence electrons. The van der Waals surface area contributed by atoms with Crippen LogP contribution >= 0.6 is 0 Å². The minimum atomic E-state index is 0.165. The summed E-state index contributed by atoms with van der Waals surface area (Å²) < 4.78 is 0. The maximum absolute atomic E-state index is 4.99. The van der Waals surface area contributed by atoms with Gasteiger partial charge in [0, 0.05) is 16.5 Å². The third kappa shape index (κ3) is 2.54. The van der Waals surface area contributed by atoms with E-state index in [0.29, 0.717) is 0 Å². The second kappa shape index (κ2) is 4.66. The molecular weight excluding hydrogens is 232 g/mol. The average molecular weight is 258 g/mol. The number of aliphatic imine (C=N–C) groups is 1. The second-order valence-electron chi connectivity index (χ2n) is 6.99. The zero-order valence-corrected chi connectivity index (χ0v) is 12.9. The van der Waals surface area contributed by atoms with Crippen molar-refractivity contribution < 1.29 is 0 Å². The minimum Gasteiger partial charge on any atom is -0.381 e. The van der Waals surface area contributed by atoms with Crippen LogP contribution in [0.1, 0.15) is 47.5 Å². The SMILES string of the molecule is C=C/C=C(\C)C1=NC2=C(NC1)C(C)(C)CCC2(C)C. The van der Waals surface area contributed by atoms with Gasteiger partial charge in [-0.3, -0.25) is 4.99 Å². The molecule has 0 saturated heterocycles. The number of allylic oxidation sites excluding steroid dienone is 4. The number of hydrogen-bond acceptors (Lipinski definition) is 2. The van der Waals surface area contributed by atoms with Gasteiger partial charge in [-0.2, -0.15) is 0 Å². The summed E-state index contributed by atoms with van der Waals surface area (Å²) in [6, 6.07) is 0. The lowest BCUT2D eigenvalue weighted by Gasteiger charge is -2.44. The maximum Gasteiger partial charge on any atom is 0.0658 e. The van der Waals surface area contributed by atoms with Crippen molar-refractivity contribution in [1.29, 1.82) is 0 Å². The molecule has 0 radical (unpaired) electrons. The van der Waals surface area contributed by atoms with Gasteiger partial charge in [0.2, 0.25) is 0 Å². The molecule has 19 heavy (non-hydrogen) atoms. The Morgan fingerprint density at radius 2 is 1.84 bits per heavy atom. The van der Waals surface area contributed by atoms with E-state index in [1.165, 1.54) is 29.8 Å². The van der Waals surface area contributed by atoms with Gasteiger partial charge in [-0.1, -0.05) is 46.4 Å². The van der Waals surface area contributed by atoms with Crippen LogP contribution in [-0.2, 0) is 0 Å². The van der Waals surface area contributed by atoms with Crippen LogP contribution < -0.4 is 5.32 Å². The molecule has 0 aromatic heterocycles. The molecule has 2 rings (SSSR count). The first-order chi connectivity index (χ1) is 8.78. The van der Waals surface area contributed by atoms with Gasteiger partial charge in [0.25, 0.3) is 0 Å². The van der Waals surface area contributed by atoms with E-state index in [9.17, 15) is 0 Å². The van der Waals surface area contributed by atoms with Gasteiger partial charge in [0.1, 0.15) is 0 Å². The van der Waals surface area contributed by atoms with E-state index < -0.39 is 0 Å². The predicted octanol–water partition coefficient (Wildman–Crippen LogP) is 4.22. The Morgan fingerprint density at radius 1 is 1.21 bits per heavy atom. The molecule has 0 unspecified atom stereocenters. The summed E-state index contributed by atoms with van der Waals surface area (Å²) in [5.74, 6) is 0. The molecule has 0 bridgehead atoms. The molecule has 2 aliphatic rings. The van der Waals surface area contributed by atoms with Gasteiger partial charge in [-0.05, 0) is 25.3 Å². The molecule has 0 spiro atoms. The van der Waals surface area contributed by atoms with E-state index in [0.717, 1.165) is 12.3 Å². The molecule has 1 aliphatic heterocycles. The Bertz CT molecular complexity index is 487. The fraction of sp³-hybridized carbons (Fsp3) is 0.588. The number of rotatable bonds is 2. The molecule has 1 N–H and O–H groups in total. The van der Waals surface area contributed by atoms with E-state index >= 15 is 0 Å². The van der Waals surface area contributed by atoms with Gasteiger partial charge in [0.15, 0.2) is 0 Å². The minimum absolute atomic E-state index is 0.165. The summed E-state index contributed by atoms with van der Waals surface area (Å²) >= 11 is 0. The molecule has 0 amide bonds. The van der Waals surface area contributed by atoms with Crippen molar-refractivity contribution >= 4 is 5.71 Å². The van der Waals surface area contributed by atoms with Crippen molar-refractivity contribution in [2.75, 3.05) is 6.54 Å². The summed E-state index contributed by atoms with van der Waals surface area (Å²) in [5, 5.41) is 3.63. The molecule has 2 heteroatoms. The molecule has 0 fully saturated rings. The van der Waals surface area contributed by atoms with Crippen molar-refractivity contribution in [1.82, 2.24) is 5.32 Å². The lowest BCUT2D eigenvalue weighted by Crippen LogP contribution is -2.42. The summed E-state index contributed by atoms with van der Waals surface area (Å²) in [6.07, 6.45) is 6.28. The lowest BCUT2D eigenvalue weighted by molar-refractivity contribution is 0.245. The van der Waals surface area contributed by atoms with Crippen molar-refractivity contribution in [3.63, 3.8) is 0 Å². The Labute approximate surface area is 117 Å². The van der Waals surface area contributed by atoms with Crippen molar-refractivity contribution in [2.24, 2.45) is 15.8 Å². The van der Waals surface area contributed by atoms with Crippen LogP contribution in [0.2, 0.25) is 0 Å². The van der Waals surface area contributed by atoms with Crippen molar-refractivity contribution in [3.05, 3.63) is 35.7 Å². The van der Waals surface area contributed by atoms with Gasteiger partial charge < -0.3 is 5.32 Å². The Hall–Kier alpha value is -1.31. The quantitative estimate of drug-likeness (QED) is 0.737. The first-order valence-electron chi connectivity index (χ1n) is 7.14. The zero-order valence-electron chi connectivity index (χ0n) is 12.9. The van der Waals surface area contributed by atoms with Crippen LogP contribution in [-0.4, -0.2) is 12.3 Å². The molecule has 0 aromatic rings. The third-order valence-electron chi connectivity index (χ3n) is 4.43. The summed E-state index contributed by atoms with van der Waals surface area (Å²) in [7, 11) is 0. The average Bonchev–Trinajstić information content (AvgIpc) is 2.35. The smallest absolute Gasteiger partial charge is 0.0658 e. The van der Waals surface area contributed by atoms with Crippen molar-refractivity contribution in [3.8, 4) is 0 Å². The molecule has 0 aromatic carbocycles. The van der Waals surface area contributed by atoms with Crippen LogP contribution in [0.25, 0.3) is 0 Å². The fourth-order valence-electron chi connectivity index (χ4n) is 2.90. The maximum atomic E-state index is 4.99. The highest BCUT2D eigenvalue weighted by molar-refractivity contribution is 6.02. The molecule has 2 nitrogen and oxygen atoms in total. The topological polar surface area (TPSA) is 24.4 Å². The highest BCUT2D eigenvalue weighted by atomic mass is 15.0. The van der Waals surface area contributed by atoms with Crippen LogP contribution in [0.5, 0.6) is 0 Å². The van der Waals surface area contributed by atoms with Gasteiger partial charge in [-0.25, -0.2) is 0 Å². The van der Waals surface area contributed by atoms with Gasteiger partial charge in [0.05, 0.1) is 18.0 Å². The molecule has 1 heterocycles. The van der Waals surface area contributed by atoms with Crippen LogP contribution in [0.4, 0.5) is 0 Å². The van der Waals surface area contributed by atoms with E-state index in [1.54, 1.807) is 0 Å².